The predicted octanol–water partition coefficient (Wildman–Crippen LogP) is 5.15. The van der Waals surface area contributed by atoms with E-state index in [0.717, 1.165) is 39.8 Å². The van der Waals surface area contributed by atoms with E-state index < -0.39 is 5.97 Å². The highest BCUT2D eigenvalue weighted by Gasteiger charge is 2.29. The molecule has 0 aliphatic heterocycles. The number of fused-ring (bicyclic) bond motifs is 2. The summed E-state index contributed by atoms with van der Waals surface area (Å²) in [6.45, 7) is 0. The minimum Gasteiger partial charge on any atom is -0.497 e. The van der Waals surface area contributed by atoms with Crippen LogP contribution in [0.15, 0.2) is 18.2 Å². The molecule has 140 valence electrons. The summed E-state index contributed by atoms with van der Waals surface area (Å²) in [6, 6.07) is 5.52. The normalized spacial score (nSPS) is 12.9. The van der Waals surface area contributed by atoms with Gasteiger partial charge in [0.05, 0.1) is 24.8 Å². The number of benzene rings is 1. The first-order valence-corrected chi connectivity index (χ1v) is 10.3. The lowest BCUT2D eigenvalue weighted by Gasteiger charge is -2.06. The standard InChI is InChI=1S/C19H16ClNO4S2/c1-24-9-6-7-13-11(8-9)15(20)16(26-13)17(22)21-18-14(19(23)25-2)10-4-3-5-12(10)27-18/h6-8H,3-5H2,1-2H3,(H,21,22). The van der Waals surface area contributed by atoms with Crippen molar-refractivity contribution in [3.05, 3.63) is 44.1 Å². The van der Waals surface area contributed by atoms with Crippen molar-refractivity contribution in [3.8, 4) is 5.75 Å². The van der Waals surface area contributed by atoms with Crippen LogP contribution in [0.25, 0.3) is 10.1 Å². The van der Waals surface area contributed by atoms with Crippen molar-refractivity contribution < 1.29 is 19.1 Å². The Kier molecular flexibility index (Phi) is 4.84. The van der Waals surface area contributed by atoms with Gasteiger partial charge in [0.2, 0.25) is 0 Å². The van der Waals surface area contributed by atoms with E-state index in [9.17, 15) is 9.59 Å². The number of amides is 1. The first-order chi connectivity index (χ1) is 13.0. The zero-order valence-electron chi connectivity index (χ0n) is 14.7. The van der Waals surface area contributed by atoms with E-state index in [0.29, 0.717) is 26.2 Å². The van der Waals surface area contributed by atoms with Gasteiger partial charge >= 0.3 is 5.97 Å². The van der Waals surface area contributed by atoms with Crippen LogP contribution < -0.4 is 10.1 Å². The average Bonchev–Trinajstić information content (AvgIpc) is 3.34. The molecule has 1 amide bonds. The summed E-state index contributed by atoms with van der Waals surface area (Å²) in [6.07, 6.45) is 2.77. The lowest BCUT2D eigenvalue weighted by Crippen LogP contribution is -2.13. The molecular weight excluding hydrogens is 406 g/mol. The monoisotopic (exact) mass is 421 g/mol. The third kappa shape index (κ3) is 3.09. The summed E-state index contributed by atoms with van der Waals surface area (Å²) in [5, 5.41) is 4.56. The maximum Gasteiger partial charge on any atom is 0.341 e. The van der Waals surface area contributed by atoms with E-state index in [1.54, 1.807) is 7.11 Å². The van der Waals surface area contributed by atoms with Gasteiger partial charge in [-0.25, -0.2) is 4.79 Å². The summed E-state index contributed by atoms with van der Waals surface area (Å²) < 4.78 is 11.0. The number of carbonyl (C=O) groups is 2. The lowest BCUT2D eigenvalue weighted by molar-refractivity contribution is 0.0601. The Hall–Kier alpha value is -2.09. The second kappa shape index (κ2) is 7.14. The number of hydrogen-bond acceptors (Lipinski definition) is 6. The van der Waals surface area contributed by atoms with Crippen LogP contribution in [-0.2, 0) is 17.6 Å². The molecule has 0 bridgehead atoms. The van der Waals surface area contributed by atoms with Crippen LogP contribution in [-0.4, -0.2) is 26.1 Å². The molecule has 0 unspecified atom stereocenters. The second-order valence-corrected chi connectivity index (χ2v) is 8.65. The van der Waals surface area contributed by atoms with Crippen LogP contribution >= 0.6 is 34.3 Å². The average molecular weight is 422 g/mol. The Morgan fingerprint density at radius 1 is 1.19 bits per heavy atom. The lowest BCUT2D eigenvalue weighted by atomic mass is 10.1. The number of nitrogens with one attached hydrogen (secondary N) is 1. The molecule has 0 radical (unpaired) electrons. The quantitative estimate of drug-likeness (QED) is 0.591. The van der Waals surface area contributed by atoms with Crippen molar-refractivity contribution in [2.24, 2.45) is 0 Å². The minimum absolute atomic E-state index is 0.328. The van der Waals surface area contributed by atoms with Crippen molar-refractivity contribution in [3.63, 3.8) is 0 Å². The summed E-state index contributed by atoms with van der Waals surface area (Å²) in [5.74, 6) is -0.0704. The molecule has 1 aliphatic carbocycles. The molecule has 2 heterocycles. The third-order valence-electron chi connectivity index (χ3n) is 4.58. The Morgan fingerprint density at radius 2 is 2.00 bits per heavy atom. The van der Waals surface area contributed by atoms with E-state index in [1.165, 1.54) is 29.8 Å². The topological polar surface area (TPSA) is 64.6 Å². The van der Waals surface area contributed by atoms with Gasteiger partial charge in [0, 0.05) is 15.0 Å². The van der Waals surface area contributed by atoms with Crippen LogP contribution in [0.2, 0.25) is 5.02 Å². The van der Waals surface area contributed by atoms with E-state index >= 15 is 0 Å². The number of esters is 1. The predicted molar refractivity (Wildman–Crippen MR) is 109 cm³/mol. The fourth-order valence-corrected chi connectivity index (χ4v) is 5.95. The van der Waals surface area contributed by atoms with Crippen molar-refractivity contribution in [2.45, 2.75) is 19.3 Å². The molecule has 2 aromatic heterocycles. The number of ether oxygens (including phenoxy) is 2. The summed E-state index contributed by atoms with van der Waals surface area (Å²) in [4.78, 5) is 26.7. The molecule has 0 atom stereocenters. The van der Waals surface area contributed by atoms with E-state index in [2.05, 4.69) is 5.32 Å². The Labute approximate surface area is 168 Å². The Morgan fingerprint density at radius 3 is 2.74 bits per heavy atom. The maximum atomic E-state index is 12.9. The molecule has 1 aliphatic rings. The Balaban J connectivity index is 1.70. The molecule has 4 rings (SSSR count). The zero-order valence-corrected chi connectivity index (χ0v) is 17.1. The van der Waals surface area contributed by atoms with Crippen LogP contribution in [0.3, 0.4) is 0 Å². The summed E-state index contributed by atoms with van der Waals surface area (Å²) in [7, 11) is 2.93. The van der Waals surface area contributed by atoms with E-state index in [1.807, 2.05) is 18.2 Å². The maximum absolute atomic E-state index is 12.9. The van der Waals surface area contributed by atoms with Gasteiger partial charge in [-0.2, -0.15) is 0 Å². The van der Waals surface area contributed by atoms with Crippen molar-refractivity contribution >= 4 is 61.2 Å². The molecule has 0 fully saturated rings. The van der Waals surface area contributed by atoms with Gasteiger partial charge in [0.1, 0.15) is 15.6 Å². The van der Waals surface area contributed by atoms with Gasteiger partial charge in [-0.1, -0.05) is 11.6 Å². The summed E-state index contributed by atoms with van der Waals surface area (Å²) in [5.41, 5.74) is 1.47. The first-order valence-electron chi connectivity index (χ1n) is 8.33. The smallest absolute Gasteiger partial charge is 0.341 e. The number of rotatable bonds is 4. The van der Waals surface area contributed by atoms with Crippen molar-refractivity contribution in [1.82, 2.24) is 0 Å². The van der Waals surface area contributed by atoms with Gasteiger partial charge in [-0.3, -0.25) is 4.79 Å². The minimum atomic E-state index is -0.420. The van der Waals surface area contributed by atoms with E-state index in [-0.39, 0.29) is 5.91 Å². The molecule has 27 heavy (non-hydrogen) atoms. The largest absolute Gasteiger partial charge is 0.497 e. The van der Waals surface area contributed by atoms with Crippen molar-refractivity contribution in [2.75, 3.05) is 19.5 Å². The van der Waals surface area contributed by atoms with Crippen LogP contribution in [0.4, 0.5) is 5.00 Å². The SMILES string of the molecule is COC(=O)c1c(NC(=O)c2sc3ccc(OC)cc3c2Cl)sc2c1CCC2. The molecule has 0 spiro atoms. The second-order valence-electron chi connectivity index (χ2n) is 6.11. The van der Waals surface area contributed by atoms with Crippen LogP contribution in [0, 0.1) is 0 Å². The highest BCUT2D eigenvalue weighted by atomic mass is 35.5. The number of methoxy groups -OCH3 is 2. The van der Waals surface area contributed by atoms with Crippen LogP contribution in [0.5, 0.6) is 5.75 Å². The highest BCUT2D eigenvalue weighted by Crippen LogP contribution is 2.41. The molecule has 3 aromatic rings. The molecular formula is C19H16ClNO4S2. The number of halogens is 1. The van der Waals surface area contributed by atoms with Gasteiger partial charge in [0.25, 0.3) is 5.91 Å². The highest BCUT2D eigenvalue weighted by molar-refractivity contribution is 7.22. The Bertz CT molecular complexity index is 1070. The van der Waals surface area contributed by atoms with Gasteiger partial charge in [-0.15, -0.1) is 22.7 Å². The van der Waals surface area contributed by atoms with Gasteiger partial charge in [-0.05, 0) is 43.0 Å². The van der Waals surface area contributed by atoms with Crippen molar-refractivity contribution in [1.29, 1.82) is 0 Å². The number of carbonyl (C=O) groups excluding carboxylic acids is 2. The number of aryl methyl sites for hydroxylation is 1. The molecule has 5 nitrogen and oxygen atoms in total. The number of anilines is 1. The molecule has 8 heteroatoms. The third-order valence-corrected chi connectivity index (χ3v) is 7.46. The number of hydrogen-bond donors (Lipinski definition) is 1. The first kappa shape index (κ1) is 18.3. The molecule has 0 saturated carbocycles. The van der Waals surface area contributed by atoms with Gasteiger partial charge in [0.15, 0.2) is 0 Å². The molecule has 0 saturated heterocycles. The summed E-state index contributed by atoms with van der Waals surface area (Å²) >= 11 is 9.21. The number of thiophene rings is 2. The fraction of sp³-hybridized carbons (Fsp3) is 0.263. The van der Waals surface area contributed by atoms with Crippen LogP contribution in [0.1, 0.15) is 36.9 Å². The van der Waals surface area contributed by atoms with Gasteiger partial charge < -0.3 is 14.8 Å². The molecule has 1 N–H and O–H groups in total. The molecule has 1 aromatic carbocycles. The zero-order chi connectivity index (χ0) is 19.1. The fourth-order valence-electron chi connectivity index (χ4n) is 3.29. The van der Waals surface area contributed by atoms with E-state index in [4.69, 9.17) is 21.1 Å².